The molecule has 0 aromatic heterocycles. The summed E-state index contributed by atoms with van der Waals surface area (Å²) >= 11 is 0. The minimum Gasteiger partial charge on any atom is -0.340 e. The van der Waals surface area contributed by atoms with Gasteiger partial charge in [0.1, 0.15) is 0 Å². The van der Waals surface area contributed by atoms with Gasteiger partial charge in [0.25, 0.3) is 5.91 Å². The first-order valence-corrected chi connectivity index (χ1v) is 8.28. The number of quaternary nitrogens is 1. The van der Waals surface area contributed by atoms with Crippen molar-refractivity contribution >= 4 is 11.8 Å². The van der Waals surface area contributed by atoms with Crippen molar-refractivity contribution in [2.75, 3.05) is 67.0 Å². The van der Waals surface area contributed by atoms with Gasteiger partial charge in [-0.25, -0.2) is 0 Å². The normalized spacial score (nSPS) is 21.2. The molecule has 0 saturated carbocycles. The molecule has 0 N–H and O–H groups in total. The minimum absolute atomic E-state index is 0.0158. The van der Waals surface area contributed by atoms with Gasteiger partial charge in [-0.05, 0) is 13.8 Å². The Kier molecular flexibility index (Phi) is 5.12. The zero-order valence-electron chi connectivity index (χ0n) is 14.7. The van der Waals surface area contributed by atoms with E-state index < -0.39 is 0 Å². The lowest BCUT2D eigenvalue weighted by atomic mass is 9.97. The molecule has 0 aromatic carbocycles. The molecule has 0 aromatic rings. The summed E-state index contributed by atoms with van der Waals surface area (Å²) in [4.78, 5) is 30.8. The van der Waals surface area contributed by atoms with Crippen LogP contribution in [0.4, 0.5) is 0 Å². The molecule has 0 spiro atoms. The van der Waals surface area contributed by atoms with Gasteiger partial charge in [0.05, 0.1) is 27.1 Å². The van der Waals surface area contributed by atoms with Crippen LogP contribution in [0, 0.1) is 5.92 Å². The quantitative estimate of drug-likeness (QED) is 0.670. The van der Waals surface area contributed by atoms with Gasteiger partial charge in [-0.2, -0.15) is 0 Å². The SMILES string of the molecule is CC(C)N1CCN(C(=O)C2CN(C(=O)C[N+](C)(C)C)C2)CC1. The van der Waals surface area contributed by atoms with Gasteiger partial charge in [0.15, 0.2) is 6.54 Å². The number of hydrogen-bond acceptors (Lipinski definition) is 3. The second-order valence-electron chi connectivity index (χ2n) is 7.90. The zero-order chi connectivity index (χ0) is 16.5. The smallest absolute Gasteiger partial charge is 0.277 e. The van der Waals surface area contributed by atoms with E-state index in [0.717, 1.165) is 26.2 Å². The molecular formula is C16H31N4O2+. The van der Waals surface area contributed by atoms with Crippen molar-refractivity contribution in [3.63, 3.8) is 0 Å². The summed E-state index contributed by atoms with van der Waals surface area (Å²) in [5, 5.41) is 0. The van der Waals surface area contributed by atoms with Gasteiger partial charge >= 0.3 is 0 Å². The average Bonchev–Trinajstić information content (AvgIpc) is 2.34. The zero-order valence-corrected chi connectivity index (χ0v) is 14.7. The maximum Gasteiger partial charge on any atom is 0.277 e. The van der Waals surface area contributed by atoms with Crippen LogP contribution in [-0.2, 0) is 9.59 Å². The van der Waals surface area contributed by atoms with E-state index in [-0.39, 0.29) is 17.7 Å². The van der Waals surface area contributed by atoms with E-state index in [0.29, 0.717) is 30.2 Å². The Balaban J connectivity index is 1.74. The van der Waals surface area contributed by atoms with E-state index in [9.17, 15) is 9.59 Å². The molecule has 0 aliphatic carbocycles. The van der Waals surface area contributed by atoms with E-state index in [4.69, 9.17) is 0 Å². The number of carbonyl (C=O) groups is 2. The van der Waals surface area contributed by atoms with E-state index in [2.05, 4.69) is 18.7 Å². The number of nitrogens with zero attached hydrogens (tertiary/aromatic N) is 4. The number of piperazine rings is 1. The molecule has 0 unspecified atom stereocenters. The molecule has 2 aliphatic rings. The highest BCUT2D eigenvalue weighted by atomic mass is 16.2. The molecule has 22 heavy (non-hydrogen) atoms. The lowest BCUT2D eigenvalue weighted by Crippen LogP contribution is -2.61. The van der Waals surface area contributed by atoms with Gasteiger partial charge in [0, 0.05) is 45.3 Å². The first-order valence-electron chi connectivity index (χ1n) is 8.28. The molecule has 6 nitrogen and oxygen atoms in total. The van der Waals surface area contributed by atoms with Crippen molar-refractivity contribution in [2.24, 2.45) is 5.92 Å². The summed E-state index contributed by atoms with van der Waals surface area (Å²) in [6, 6.07) is 0.546. The highest BCUT2D eigenvalue weighted by molar-refractivity contribution is 5.85. The Labute approximate surface area is 134 Å². The topological polar surface area (TPSA) is 43.9 Å². The highest BCUT2D eigenvalue weighted by Crippen LogP contribution is 2.20. The van der Waals surface area contributed by atoms with Gasteiger partial charge < -0.3 is 14.3 Å². The Morgan fingerprint density at radius 2 is 1.55 bits per heavy atom. The van der Waals surface area contributed by atoms with E-state index in [1.165, 1.54) is 0 Å². The Hall–Kier alpha value is -1.14. The summed E-state index contributed by atoms with van der Waals surface area (Å²) in [6.45, 7) is 9.64. The van der Waals surface area contributed by atoms with Crippen molar-refractivity contribution in [1.82, 2.24) is 14.7 Å². The second-order valence-corrected chi connectivity index (χ2v) is 7.90. The molecule has 0 atom stereocenters. The average molecular weight is 311 g/mol. The minimum atomic E-state index is 0.0158. The lowest BCUT2D eigenvalue weighted by Gasteiger charge is -2.43. The standard InChI is InChI=1S/C16H31N4O2/c1-13(2)17-6-8-18(9-7-17)16(22)14-10-19(11-14)15(21)12-20(3,4)5/h13-14H,6-12H2,1-5H3/q+1. The van der Waals surface area contributed by atoms with E-state index >= 15 is 0 Å². The number of rotatable bonds is 4. The fraction of sp³-hybridized carbons (Fsp3) is 0.875. The van der Waals surface area contributed by atoms with Crippen LogP contribution < -0.4 is 0 Å². The van der Waals surface area contributed by atoms with Crippen LogP contribution >= 0.6 is 0 Å². The van der Waals surface area contributed by atoms with E-state index in [1.54, 1.807) is 0 Å². The molecule has 0 radical (unpaired) electrons. The fourth-order valence-corrected chi connectivity index (χ4v) is 3.06. The third-order valence-corrected chi connectivity index (χ3v) is 4.55. The van der Waals surface area contributed by atoms with Crippen molar-refractivity contribution in [3.05, 3.63) is 0 Å². The summed E-state index contributed by atoms with van der Waals surface area (Å²) in [5.41, 5.74) is 0. The molecule has 2 aliphatic heterocycles. The monoisotopic (exact) mass is 311 g/mol. The summed E-state index contributed by atoms with van der Waals surface area (Å²) in [7, 11) is 6.03. The van der Waals surface area contributed by atoms with Gasteiger partial charge in [-0.1, -0.05) is 0 Å². The molecule has 2 saturated heterocycles. The van der Waals surface area contributed by atoms with Crippen molar-refractivity contribution < 1.29 is 14.1 Å². The number of hydrogen-bond donors (Lipinski definition) is 0. The maximum atomic E-state index is 12.5. The Morgan fingerprint density at radius 3 is 2.00 bits per heavy atom. The molecule has 126 valence electrons. The largest absolute Gasteiger partial charge is 0.340 e. The maximum absolute atomic E-state index is 12.5. The molecular weight excluding hydrogens is 280 g/mol. The molecule has 2 heterocycles. The third kappa shape index (κ3) is 4.20. The van der Waals surface area contributed by atoms with Crippen LogP contribution in [0.2, 0.25) is 0 Å². The van der Waals surface area contributed by atoms with Crippen LogP contribution in [0.3, 0.4) is 0 Å². The highest BCUT2D eigenvalue weighted by Gasteiger charge is 2.39. The fourth-order valence-electron chi connectivity index (χ4n) is 3.06. The molecule has 2 amide bonds. The first-order chi connectivity index (χ1) is 10.2. The summed E-state index contributed by atoms with van der Waals surface area (Å²) in [6.07, 6.45) is 0. The van der Waals surface area contributed by atoms with Gasteiger partial charge in [0.2, 0.25) is 5.91 Å². The molecule has 2 fully saturated rings. The van der Waals surface area contributed by atoms with Crippen LogP contribution in [0.15, 0.2) is 0 Å². The van der Waals surface area contributed by atoms with E-state index in [1.807, 2.05) is 30.9 Å². The molecule has 6 heteroatoms. The van der Waals surface area contributed by atoms with Gasteiger partial charge in [-0.15, -0.1) is 0 Å². The summed E-state index contributed by atoms with van der Waals surface area (Å²) in [5.74, 6) is 0.404. The van der Waals surface area contributed by atoms with Crippen LogP contribution in [0.1, 0.15) is 13.8 Å². The van der Waals surface area contributed by atoms with Crippen molar-refractivity contribution in [1.29, 1.82) is 0 Å². The third-order valence-electron chi connectivity index (χ3n) is 4.55. The predicted molar refractivity (Wildman–Crippen MR) is 86.3 cm³/mol. The number of carbonyl (C=O) groups excluding carboxylic acids is 2. The van der Waals surface area contributed by atoms with Crippen molar-refractivity contribution in [3.8, 4) is 0 Å². The van der Waals surface area contributed by atoms with Crippen LogP contribution in [0.25, 0.3) is 0 Å². The van der Waals surface area contributed by atoms with Crippen LogP contribution in [-0.4, -0.2) is 104 Å². The first kappa shape index (κ1) is 17.2. The van der Waals surface area contributed by atoms with Crippen molar-refractivity contribution in [2.45, 2.75) is 19.9 Å². The van der Waals surface area contributed by atoms with Gasteiger partial charge in [-0.3, -0.25) is 14.5 Å². The molecule has 2 rings (SSSR count). The molecule has 0 bridgehead atoms. The summed E-state index contributed by atoms with van der Waals surface area (Å²) < 4.78 is 0.630. The predicted octanol–water partition coefficient (Wildman–Crippen LogP) is -0.296. The number of likely N-dealkylation sites (tertiary alicyclic amines) is 1. The lowest BCUT2D eigenvalue weighted by molar-refractivity contribution is -0.862. The number of likely N-dealkylation sites (N-methyl/N-ethyl adjacent to an activating group) is 1. The number of amides is 2. The Morgan fingerprint density at radius 1 is 1.00 bits per heavy atom. The van der Waals surface area contributed by atoms with Crippen LogP contribution in [0.5, 0.6) is 0 Å². The Bertz CT molecular complexity index is 416. The second kappa shape index (κ2) is 6.54.